The Balaban J connectivity index is 2.14. The molecule has 2 rings (SSSR count). The predicted molar refractivity (Wildman–Crippen MR) is 108 cm³/mol. The summed E-state index contributed by atoms with van der Waals surface area (Å²) in [5.41, 5.74) is 0.396. The fourth-order valence-corrected chi connectivity index (χ4v) is 3.20. The van der Waals surface area contributed by atoms with Gasteiger partial charge in [0.1, 0.15) is 18.4 Å². The minimum absolute atomic E-state index is 0.175. The Morgan fingerprint density at radius 2 is 2.18 bits per heavy atom. The Kier molecular flexibility index (Phi) is 8.04. The third-order valence-electron chi connectivity index (χ3n) is 4.06. The summed E-state index contributed by atoms with van der Waals surface area (Å²) in [4.78, 5) is 38.8. The maximum absolute atomic E-state index is 13.0. The van der Waals surface area contributed by atoms with Crippen LogP contribution in [0.15, 0.2) is 35.3 Å². The van der Waals surface area contributed by atoms with Gasteiger partial charge in [0.2, 0.25) is 5.91 Å². The summed E-state index contributed by atoms with van der Waals surface area (Å²) in [5.74, 6) is -0.399. The lowest BCUT2D eigenvalue weighted by Crippen LogP contribution is -2.57. The monoisotopic (exact) mass is 452 g/mol. The van der Waals surface area contributed by atoms with Gasteiger partial charge in [0.05, 0.1) is 17.5 Å². The molecule has 1 aliphatic rings. The van der Waals surface area contributed by atoms with Gasteiger partial charge in [-0.1, -0.05) is 26.5 Å². The molecule has 0 bridgehead atoms. The molecule has 7 nitrogen and oxygen atoms in total. The highest BCUT2D eigenvalue weighted by Crippen LogP contribution is 2.27. The van der Waals surface area contributed by atoms with Crippen LogP contribution in [0.25, 0.3) is 0 Å². The topological polar surface area (TPSA) is 84.9 Å². The van der Waals surface area contributed by atoms with Gasteiger partial charge in [-0.2, -0.15) is 0 Å². The van der Waals surface area contributed by atoms with Crippen molar-refractivity contribution in [3.63, 3.8) is 0 Å². The van der Waals surface area contributed by atoms with Crippen molar-refractivity contribution in [2.45, 2.75) is 26.3 Å². The highest BCUT2D eigenvalue weighted by atomic mass is 79.9. The standard InChI is InChI=1S/C20H25BrN2O5/c1-4-9-27-17-6-5-14(10-15(17)21)20(26)23-8-7-22-19(25)16(23)11-18(24)28-12-13(2)3/h4-6,10,13,16H,1,7-9,11-12H2,2-3H3,(H,22,25). The van der Waals surface area contributed by atoms with E-state index >= 15 is 0 Å². The van der Waals surface area contributed by atoms with Crippen molar-refractivity contribution in [2.75, 3.05) is 26.3 Å². The van der Waals surface area contributed by atoms with Crippen LogP contribution in [0.3, 0.4) is 0 Å². The fraction of sp³-hybridized carbons (Fsp3) is 0.450. The molecule has 1 aliphatic heterocycles. The molecule has 8 heteroatoms. The lowest BCUT2D eigenvalue weighted by molar-refractivity contribution is -0.148. The van der Waals surface area contributed by atoms with E-state index in [4.69, 9.17) is 9.47 Å². The van der Waals surface area contributed by atoms with Crippen molar-refractivity contribution in [1.29, 1.82) is 0 Å². The van der Waals surface area contributed by atoms with Crippen molar-refractivity contribution in [2.24, 2.45) is 5.92 Å². The second-order valence-electron chi connectivity index (χ2n) is 6.83. The average molecular weight is 453 g/mol. The minimum atomic E-state index is -0.892. The molecule has 1 N–H and O–H groups in total. The number of nitrogens with zero attached hydrogens (tertiary/aromatic N) is 1. The summed E-state index contributed by atoms with van der Waals surface area (Å²) in [6, 6.07) is 4.06. The number of nitrogens with one attached hydrogen (secondary N) is 1. The van der Waals surface area contributed by atoms with Crippen LogP contribution in [0.5, 0.6) is 5.75 Å². The van der Waals surface area contributed by atoms with Crippen LogP contribution in [0.1, 0.15) is 30.6 Å². The minimum Gasteiger partial charge on any atom is -0.488 e. The third-order valence-corrected chi connectivity index (χ3v) is 4.68. The molecule has 0 radical (unpaired) electrons. The number of hydrogen-bond acceptors (Lipinski definition) is 5. The maximum Gasteiger partial charge on any atom is 0.308 e. The zero-order chi connectivity index (χ0) is 20.7. The first-order valence-electron chi connectivity index (χ1n) is 9.11. The molecule has 2 amide bonds. The molecule has 1 aromatic rings. The van der Waals surface area contributed by atoms with Gasteiger partial charge in [-0.15, -0.1) is 0 Å². The molecular weight excluding hydrogens is 428 g/mol. The molecule has 0 saturated carbocycles. The first-order chi connectivity index (χ1) is 13.3. The van der Waals surface area contributed by atoms with E-state index in [-0.39, 0.29) is 30.8 Å². The van der Waals surface area contributed by atoms with Gasteiger partial charge in [-0.3, -0.25) is 14.4 Å². The molecule has 152 valence electrons. The second-order valence-corrected chi connectivity index (χ2v) is 7.69. The Morgan fingerprint density at radius 3 is 2.82 bits per heavy atom. The first-order valence-corrected chi connectivity index (χ1v) is 9.90. The lowest BCUT2D eigenvalue weighted by atomic mass is 10.1. The predicted octanol–water partition coefficient (Wildman–Crippen LogP) is 2.54. The van der Waals surface area contributed by atoms with E-state index in [1.807, 2.05) is 13.8 Å². The maximum atomic E-state index is 13.0. The van der Waals surface area contributed by atoms with Crippen molar-refractivity contribution in [3.8, 4) is 5.75 Å². The zero-order valence-electron chi connectivity index (χ0n) is 16.1. The SMILES string of the molecule is C=CCOc1ccc(C(=O)N2CCNC(=O)C2CC(=O)OCC(C)C)cc1Br. The molecule has 28 heavy (non-hydrogen) atoms. The summed E-state index contributed by atoms with van der Waals surface area (Å²) in [7, 11) is 0. The molecule has 0 aliphatic carbocycles. The number of halogens is 1. The molecule has 1 aromatic carbocycles. The van der Waals surface area contributed by atoms with Crippen molar-refractivity contribution in [3.05, 3.63) is 40.9 Å². The number of esters is 1. The van der Waals surface area contributed by atoms with E-state index in [2.05, 4.69) is 27.8 Å². The second kappa shape index (κ2) is 10.3. The zero-order valence-corrected chi connectivity index (χ0v) is 17.7. The van der Waals surface area contributed by atoms with Gasteiger partial charge < -0.3 is 19.7 Å². The molecular formula is C20H25BrN2O5. The number of rotatable bonds is 8. The number of carbonyl (C=O) groups excluding carboxylic acids is 3. The van der Waals surface area contributed by atoms with E-state index in [0.29, 0.717) is 35.5 Å². The van der Waals surface area contributed by atoms with Gasteiger partial charge in [0, 0.05) is 18.7 Å². The number of carbonyl (C=O) groups is 3. The molecule has 1 saturated heterocycles. The van der Waals surface area contributed by atoms with E-state index in [9.17, 15) is 14.4 Å². The number of amides is 2. The van der Waals surface area contributed by atoms with Gasteiger partial charge >= 0.3 is 5.97 Å². The van der Waals surface area contributed by atoms with E-state index < -0.39 is 12.0 Å². The molecule has 1 heterocycles. The van der Waals surface area contributed by atoms with Gasteiger partial charge in [0.15, 0.2) is 0 Å². The Labute approximate surface area is 173 Å². The summed E-state index contributed by atoms with van der Waals surface area (Å²) in [6.07, 6.45) is 1.45. The Bertz CT molecular complexity index is 750. The van der Waals surface area contributed by atoms with Crippen LogP contribution in [-0.4, -0.2) is 55.0 Å². The third kappa shape index (κ3) is 5.82. The molecule has 1 atom stereocenters. The number of benzene rings is 1. The smallest absolute Gasteiger partial charge is 0.308 e. The molecule has 1 fully saturated rings. The Hall–Kier alpha value is -2.35. The summed E-state index contributed by atoms with van der Waals surface area (Å²) < 4.78 is 11.3. The van der Waals surface area contributed by atoms with Crippen molar-refractivity contribution >= 4 is 33.7 Å². The normalized spacial score (nSPS) is 16.5. The fourth-order valence-electron chi connectivity index (χ4n) is 2.70. The van der Waals surface area contributed by atoms with E-state index in [0.717, 1.165) is 0 Å². The van der Waals surface area contributed by atoms with Crippen LogP contribution in [0.2, 0.25) is 0 Å². The Morgan fingerprint density at radius 1 is 1.43 bits per heavy atom. The van der Waals surface area contributed by atoms with E-state index in [1.165, 1.54) is 4.90 Å². The first kappa shape index (κ1) is 21.9. The number of ether oxygens (including phenoxy) is 2. The van der Waals surface area contributed by atoms with Crippen molar-refractivity contribution in [1.82, 2.24) is 10.2 Å². The van der Waals surface area contributed by atoms with Crippen LogP contribution < -0.4 is 10.1 Å². The molecule has 1 unspecified atom stereocenters. The van der Waals surface area contributed by atoms with Crippen LogP contribution >= 0.6 is 15.9 Å². The summed E-state index contributed by atoms with van der Waals surface area (Å²) in [6.45, 7) is 8.73. The number of piperazine rings is 1. The molecule has 0 spiro atoms. The van der Waals surface area contributed by atoms with Crippen LogP contribution in [0, 0.1) is 5.92 Å². The quantitative estimate of drug-likeness (QED) is 0.483. The van der Waals surface area contributed by atoms with Gasteiger partial charge in [0.25, 0.3) is 5.91 Å². The van der Waals surface area contributed by atoms with Gasteiger partial charge in [-0.05, 0) is 40.0 Å². The largest absolute Gasteiger partial charge is 0.488 e. The highest BCUT2D eigenvalue weighted by Gasteiger charge is 2.35. The van der Waals surface area contributed by atoms with Crippen LogP contribution in [0.4, 0.5) is 0 Å². The molecule has 0 aromatic heterocycles. The van der Waals surface area contributed by atoms with Gasteiger partial charge in [-0.25, -0.2) is 0 Å². The van der Waals surface area contributed by atoms with E-state index in [1.54, 1.807) is 24.3 Å². The summed E-state index contributed by atoms with van der Waals surface area (Å²) in [5, 5.41) is 2.70. The lowest BCUT2D eigenvalue weighted by Gasteiger charge is -2.34. The summed E-state index contributed by atoms with van der Waals surface area (Å²) >= 11 is 3.39. The average Bonchev–Trinajstić information content (AvgIpc) is 2.66. The highest BCUT2D eigenvalue weighted by molar-refractivity contribution is 9.10. The van der Waals surface area contributed by atoms with Crippen molar-refractivity contribution < 1.29 is 23.9 Å². The van der Waals surface area contributed by atoms with Crippen LogP contribution in [-0.2, 0) is 14.3 Å². The number of hydrogen-bond donors (Lipinski definition) is 1.